The minimum atomic E-state index is 0.802. The Bertz CT molecular complexity index is 1010. The highest BCUT2D eigenvalue weighted by atomic mass is 16.5. The summed E-state index contributed by atoms with van der Waals surface area (Å²) in [5.41, 5.74) is 6.15. The zero-order valence-corrected chi connectivity index (χ0v) is 19.5. The van der Waals surface area contributed by atoms with Gasteiger partial charge in [0, 0.05) is 50.3 Å². The number of nitrogens with zero attached hydrogens (tertiary/aromatic N) is 4. The van der Waals surface area contributed by atoms with Gasteiger partial charge < -0.3 is 19.4 Å². The molecular formula is C27H34N4O. The average Bonchev–Trinajstić information content (AvgIpc) is 3.34. The minimum Gasteiger partial charge on any atom is -0.497 e. The molecule has 1 saturated heterocycles. The van der Waals surface area contributed by atoms with Gasteiger partial charge >= 0.3 is 0 Å². The summed E-state index contributed by atoms with van der Waals surface area (Å²) in [4.78, 5) is 11.7. The van der Waals surface area contributed by atoms with Gasteiger partial charge in [-0.1, -0.05) is 24.3 Å². The Hall–Kier alpha value is -3.05. The van der Waals surface area contributed by atoms with Crippen LogP contribution in [0.25, 0.3) is 0 Å². The summed E-state index contributed by atoms with van der Waals surface area (Å²) < 4.78 is 5.46. The number of anilines is 2. The Morgan fingerprint density at radius 3 is 2.31 bits per heavy atom. The molecule has 0 N–H and O–H groups in total. The van der Waals surface area contributed by atoms with Crippen LogP contribution in [0.4, 0.5) is 11.4 Å². The first kappa shape index (κ1) is 22.2. The van der Waals surface area contributed by atoms with Crippen molar-refractivity contribution in [2.45, 2.75) is 32.5 Å². The predicted octanol–water partition coefficient (Wildman–Crippen LogP) is 4.96. The molecule has 0 spiro atoms. The van der Waals surface area contributed by atoms with E-state index in [2.05, 4.69) is 88.4 Å². The molecule has 0 atom stereocenters. The zero-order chi connectivity index (χ0) is 22.3. The molecule has 5 nitrogen and oxygen atoms in total. The van der Waals surface area contributed by atoms with Gasteiger partial charge in [0.15, 0.2) is 0 Å². The molecule has 168 valence electrons. The van der Waals surface area contributed by atoms with Gasteiger partial charge in [-0.25, -0.2) is 0 Å². The molecule has 0 amide bonds. The molecule has 1 aromatic heterocycles. The van der Waals surface area contributed by atoms with E-state index in [0.29, 0.717) is 0 Å². The van der Waals surface area contributed by atoms with E-state index < -0.39 is 0 Å². The molecule has 2 heterocycles. The fraction of sp³-hybridized carbons (Fsp3) is 0.370. The van der Waals surface area contributed by atoms with E-state index >= 15 is 0 Å². The van der Waals surface area contributed by atoms with Gasteiger partial charge in [-0.2, -0.15) is 0 Å². The monoisotopic (exact) mass is 430 g/mol. The number of benzene rings is 2. The quantitative estimate of drug-likeness (QED) is 0.479. The van der Waals surface area contributed by atoms with Crippen molar-refractivity contribution >= 4 is 11.4 Å². The van der Waals surface area contributed by atoms with Crippen LogP contribution in [-0.2, 0) is 19.6 Å². The maximum atomic E-state index is 5.46. The molecule has 32 heavy (non-hydrogen) atoms. The van der Waals surface area contributed by atoms with Crippen molar-refractivity contribution in [3.8, 4) is 5.75 Å². The molecule has 3 aromatic rings. The second-order valence-corrected chi connectivity index (χ2v) is 8.81. The van der Waals surface area contributed by atoms with Gasteiger partial charge in [-0.3, -0.25) is 4.98 Å². The number of hydrogen-bond acceptors (Lipinski definition) is 5. The van der Waals surface area contributed by atoms with Crippen molar-refractivity contribution in [2.24, 2.45) is 0 Å². The normalized spacial score (nSPS) is 13.6. The molecule has 0 radical (unpaired) electrons. The first-order valence-corrected chi connectivity index (χ1v) is 11.4. The van der Waals surface area contributed by atoms with Crippen molar-refractivity contribution in [3.63, 3.8) is 0 Å². The van der Waals surface area contributed by atoms with Gasteiger partial charge in [-0.15, -0.1) is 0 Å². The lowest BCUT2D eigenvalue weighted by Crippen LogP contribution is -2.23. The summed E-state index contributed by atoms with van der Waals surface area (Å²) in [5.74, 6) is 0.890. The molecule has 0 unspecified atom stereocenters. The predicted molar refractivity (Wildman–Crippen MR) is 132 cm³/mol. The number of methoxy groups -OCH3 is 1. The Labute approximate surface area is 192 Å². The number of rotatable bonds is 9. The topological polar surface area (TPSA) is 31.8 Å². The van der Waals surface area contributed by atoms with Crippen LogP contribution in [-0.4, -0.2) is 44.2 Å². The number of aromatic nitrogens is 1. The molecule has 5 heteroatoms. The maximum absolute atomic E-state index is 5.46. The van der Waals surface area contributed by atoms with Crippen LogP contribution >= 0.6 is 0 Å². The molecule has 2 aromatic carbocycles. The number of ether oxygens (including phenoxy) is 1. The average molecular weight is 431 g/mol. The Morgan fingerprint density at radius 1 is 0.875 bits per heavy atom. The third-order valence-corrected chi connectivity index (χ3v) is 5.91. The standard InChI is InChI=1S/C27H34N4O/c1-29(2)21-24-18-26(12-13-28-24)31(20-23-9-7-11-27(17-23)32-3)19-22-8-6-10-25(16-22)30-14-4-5-15-30/h6-13,16-18H,4-5,14-15,19-21H2,1-3H3. The van der Waals surface area contributed by atoms with E-state index in [4.69, 9.17) is 4.74 Å². The van der Waals surface area contributed by atoms with Crippen LogP contribution < -0.4 is 14.5 Å². The Morgan fingerprint density at radius 2 is 1.59 bits per heavy atom. The summed E-state index contributed by atoms with van der Waals surface area (Å²) >= 11 is 0. The summed E-state index contributed by atoms with van der Waals surface area (Å²) in [5, 5.41) is 0. The maximum Gasteiger partial charge on any atom is 0.119 e. The summed E-state index contributed by atoms with van der Waals surface area (Å²) in [6.45, 7) is 4.79. The number of hydrogen-bond donors (Lipinski definition) is 0. The van der Waals surface area contributed by atoms with Crippen molar-refractivity contribution < 1.29 is 4.74 Å². The molecule has 0 saturated carbocycles. The first-order chi connectivity index (χ1) is 15.6. The highest BCUT2D eigenvalue weighted by Crippen LogP contribution is 2.26. The lowest BCUT2D eigenvalue weighted by molar-refractivity contribution is 0.397. The van der Waals surface area contributed by atoms with Crippen molar-refractivity contribution in [2.75, 3.05) is 44.1 Å². The van der Waals surface area contributed by atoms with Gasteiger partial charge in [0.05, 0.1) is 12.8 Å². The lowest BCUT2D eigenvalue weighted by atomic mass is 10.1. The van der Waals surface area contributed by atoms with Gasteiger partial charge in [0.1, 0.15) is 5.75 Å². The zero-order valence-electron chi connectivity index (χ0n) is 19.5. The van der Waals surface area contributed by atoms with Crippen molar-refractivity contribution in [1.29, 1.82) is 0 Å². The molecule has 1 aliphatic heterocycles. The van der Waals surface area contributed by atoms with Gasteiger partial charge in [-0.05, 0) is 74.5 Å². The fourth-order valence-electron chi connectivity index (χ4n) is 4.35. The smallest absolute Gasteiger partial charge is 0.119 e. The van der Waals surface area contributed by atoms with E-state index in [1.54, 1.807) is 7.11 Å². The van der Waals surface area contributed by atoms with Crippen LogP contribution in [0.1, 0.15) is 29.7 Å². The summed E-state index contributed by atoms with van der Waals surface area (Å²) in [6, 6.07) is 21.7. The second kappa shape index (κ2) is 10.5. The van der Waals surface area contributed by atoms with E-state index in [1.807, 2.05) is 12.3 Å². The highest BCUT2D eigenvalue weighted by Gasteiger charge is 2.15. The van der Waals surface area contributed by atoms with Crippen LogP contribution in [0.15, 0.2) is 66.9 Å². The largest absolute Gasteiger partial charge is 0.497 e. The first-order valence-electron chi connectivity index (χ1n) is 11.4. The third-order valence-electron chi connectivity index (χ3n) is 5.91. The number of pyridine rings is 1. The van der Waals surface area contributed by atoms with Crippen LogP contribution in [0.5, 0.6) is 5.75 Å². The van der Waals surface area contributed by atoms with Gasteiger partial charge in [0.25, 0.3) is 0 Å². The van der Waals surface area contributed by atoms with E-state index in [9.17, 15) is 0 Å². The van der Waals surface area contributed by atoms with E-state index in [1.165, 1.54) is 35.3 Å². The second-order valence-electron chi connectivity index (χ2n) is 8.81. The molecule has 0 bridgehead atoms. The third kappa shape index (κ3) is 5.80. The van der Waals surface area contributed by atoms with Crippen molar-refractivity contribution in [3.05, 3.63) is 83.7 Å². The fourth-order valence-corrected chi connectivity index (χ4v) is 4.35. The Balaban J connectivity index is 1.62. The molecule has 1 fully saturated rings. The van der Waals surface area contributed by atoms with Crippen LogP contribution in [0.3, 0.4) is 0 Å². The molecular weight excluding hydrogens is 396 g/mol. The molecule has 1 aliphatic rings. The minimum absolute atomic E-state index is 0.802. The van der Waals surface area contributed by atoms with Crippen LogP contribution in [0.2, 0.25) is 0 Å². The molecule has 4 rings (SSSR count). The van der Waals surface area contributed by atoms with E-state index in [-0.39, 0.29) is 0 Å². The van der Waals surface area contributed by atoms with Crippen LogP contribution in [0, 0.1) is 0 Å². The highest BCUT2D eigenvalue weighted by molar-refractivity contribution is 5.52. The SMILES string of the molecule is COc1cccc(CN(Cc2cccc(N3CCCC3)c2)c2ccnc(CN(C)C)c2)c1. The van der Waals surface area contributed by atoms with Gasteiger partial charge in [0.2, 0.25) is 0 Å². The summed E-state index contributed by atoms with van der Waals surface area (Å²) in [6.07, 6.45) is 4.50. The molecule has 0 aliphatic carbocycles. The van der Waals surface area contributed by atoms with E-state index in [0.717, 1.165) is 44.2 Å². The lowest BCUT2D eigenvalue weighted by Gasteiger charge is -2.27. The Kier molecular flexibility index (Phi) is 7.28. The van der Waals surface area contributed by atoms with Crippen molar-refractivity contribution in [1.82, 2.24) is 9.88 Å². The summed E-state index contributed by atoms with van der Waals surface area (Å²) in [7, 11) is 5.87.